The molecule has 1 aliphatic heterocycles. The van der Waals surface area contributed by atoms with Gasteiger partial charge in [0.2, 0.25) is 0 Å². The van der Waals surface area contributed by atoms with Crippen molar-refractivity contribution >= 4 is 21.8 Å². The first-order chi connectivity index (χ1) is 14.2. The van der Waals surface area contributed by atoms with E-state index in [1.54, 1.807) is 6.92 Å². The fourth-order valence-electron chi connectivity index (χ4n) is 3.29. The molecule has 2 aromatic carbocycles. The van der Waals surface area contributed by atoms with Crippen LogP contribution in [0.25, 0.3) is 5.69 Å². The first kappa shape index (κ1) is 19.8. The summed E-state index contributed by atoms with van der Waals surface area (Å²) in [5.74, 6) is -0.450. The number of urea groups is 1. The number of benzene rings is 2. The topological polar surface area (TPSA) is 114 Å². The van der Waals surface area contributed by atoms with Crippen LogP contribution in [-0.2, 0) is 26.7 Å². The number of hydrogen-bond donors (Lipinski definition) is 1. The van der Waals surface area contributed by atoms with Crippen LogP contribution in [0.15, 0.2) is 65.7 Å². The second-order valence-electron chi connectivity index (χ2n) is 7.20. The Labute approximate surface area is 173 Å². The molecule has 0 unspecified atom stereocenters. The van der Waals surface area contributed by atoms with Crippen molar-refractivity contribution in [2.24, 2.45) is 0 Å². The fourth-order valence-corrected chi connectivity index (χ4v) is 3.92. The molecule has 0 saturated carbocycles. The smallest absolute Gasteiger partial charge is 0.319 e. The Morgan fingerprint density at radius 1 is 1.03 bits per heavy atom. The van der Waals surface area contributed by atoms with Gasteiger partial charge in [0.1, 0.15) is 11.2 Å². The highest BCUT2D eigenvalue weighted by molar-refractivity contribution is 7.90. The molecule has 9 nitrogen and oxygen atoms in total. The van der Waals surface area contributed by atoms with Gasteiger partial charge in [-0.15, -0.1) is 0 Å². The van der Waals surface area contributed by atoms with Crippen molar-refractivity contribution in [3.05, 3.63) is 72.1 Å². The zero-order valence-corrected chi connectivity index (χ0v) is 17.1. The lowest BCUT2D eigenvalue weighted by Crippen LogP contribution is -2.40. The number of para-hydroxylation sites is 1. The van der Waals surface area contributed by atoms with E-state index < -0.39 is 27.3 Å². The Bertz CT molecular complexity index is 1220. The predicted octanol–water partition coefficient (Wildman–Crippen LogP) is 1.64. The fraction of sp³-hybridized carbons (Fsp3) is 0.200. The maximum absolute atomic E-state index is 13.1. The molecule has 3 amide bonds. The van der Waals surface area contributed by atoms with Gasteiger partial charge in [0.25, 0.3) is 5.91 Å². The number of nitrogens with one attached hydrogen (secondary N) is 1. The van der Waals surface area contributed by atoms with Gasteiger partial charge in [-0.3, -0.25) is 9.69 Å². The van der Waals surface area contributed by atoms with Crippen molar-refractivity contribution in [1.82, 2.24) is 25.2 Å². The molecule has 0 radical (unpaired) electrons. The van der Waals surface area contributed by atoms with E-state index in [1.165, 1.54) is 35.3 Å². The molecule has 3 aromatic rings. The quantitative estimate of drug-likeness (QED) is 0.622. The molecule has 1 N–H and O–H groups in total. The van der Waals surface area contributed by atoms with E-state index in [1.807, 2.05) is 30.3 Å². The number of sulfone groups is 1. The monoisotopic (exact) mass is 425 g/mol. The molecular weight excluding hydrogens is 406 g/mol. The minimum Gasteiger partial charge on any atom is -0.319 e. The van der Waals surface area contributed by atoms with Crippen LogP contribution in [0.5, 0.6) is 0 Å². The van der Waals surface area contributed by atoms with Crippen LogP contribution in [0.1, 0.15) is 18.2 Å². The van der Waals surface area contributed by atoms with E-state index in [9.17, 15) is 18.0 Å². The SMILES string of the molecule is C[C@]1(c2ccc(S(C)(=O)=O)cc2)NC(=O)N(Cc2cnn(-c3ccccc3)n2)C1=O. The number of amides is 3. The minimum absolute atomic E-state index is 0.0332. The molecule has 0 aliphatic carbocycles. The Morgan fingerprint density at radius 3 is 2.33 bits per heavy atom. The van der Waals surface area contributed by atoms with Gasteiger partial charge in [-0.25, -0.2) is 13.2 Å². The zero-order valence-electron chi connectivity index (χ0n) is 16.3. The van der Waals surface area contributed by atoms with Gasteiger partial charge >= 0.3 is 6.03 Å². The Kier molecular flexibility index (Phi) is 4.65. The van der Waals surface area contributed by atoms with Crippen molar-refractivity contribution in [3.8, 4) is 5.69 Å². The molecule has 1 aromatic heterocycles. The lowest BCUT2D eigenvalue weighted by Gasteiger charge is -2.22. The molecule has 2 heterocycles. The summed E-state index contributed by atoms with van der Waals surface area (Å²) in [5.41, 5.74) is 0.405. The van der Waals surface area contributed by atoms with Gasteiger partial charge in [0.15, 0.2) is 9.84 Å². The molecule has 4 rings (SSSR count). The Morgan fingerprint density at radius 2 is 1.70 bits per heavy atom. The molecule has 1 aliphatic rings. The summed E-state index contributed by atoms with van der Waals surface area (Å²) in [7, 11) is -3.36. The highest BCUT2D eigenvalue weighted by atomic mass is 32.2. The van der Waals surface area contributed by atoms with Crippen LogP contribution in [-0.4, -0.2) is 46.5 Å². The van der Waals surface area contributed by atoms with Crippen LogP contribution < -0.4 is 5.32 Å². The van der Waals surface area contributed by atoms with Crippen molar-refractivity contribution in [2.75, 3.05) is 6.26 Å². The van der Waals surface area contributed by atoms with E-state index in [0.717, 1.165) is 16.8 Å². The second-order valence-corrected chi connectivity index (χ2v) is 9.22. The molecule has 30 heavy (non-hydrogen) atoms. The number of rotatable bonds is 5. The van der Waals surface area contributed by atoms with Crippen molar-refractivity contribution in [1.29, 1.82) is 0 Å². The predicted molar refractivity (Wildman–Crippen MR) is 107 cm³/mol. The van der Waals surface area contributed by atoms with E-state index >= 15 is 0 Å². The molecule has 10 heteroatoms. The molecule has 0 bridgehead atoms. The highest BCUT2D eigenvalue weighted by Gasteiger charge is 2.49. The van der Waals surface area contributed by atoms with E-state index in [0.29, 0.717) is 11.3 Å². The lowest BCUT2D eigenvalue weighted by atomic mass is 9.92. The second kappa shape index (κ2) is 7.06. The molecule has 0 spiro atoms. The van der Waals surface area contributed by atoms with Crippen molar-refractivity contribution in [3.63, 3.8) is 0 Å². The average molecular weight is 425 g/mol. The summed E-state index contributed by atoms with van der Waals surface area (Å²) in [6.45, 7) is 1.55. The van der Waals surface area contributed by atoms with Gasteiger partial charge in [-0.2, -0.15) is 15.0 Å². The summed E-state index contributed by atoms with van der Waals surface area (Å²) in [6, 6.07) is 14.6. The van der Waals surface area contributed by atoms with Crippen molar-refractivity contribution in [2.45, 2.75) is 23.9 Å². The Balaban J connectivity index is 1.56. The standard InChI is InChI=1S/C20H19N5O4S/c1-20(14-8-10-17(11-9-14)30(2,28)29)18(26)24(19(27)22-20)13-15-12-21-25(23-15)16-6-4-3-5-7-16/h3-12H,13H2,1-2H3,(H,22,27)/t20-/m1/s1. The average Bonchev–Trinajstić information content (AvgIpc) is 3.27. The van der Waals surface area contributed by atoms with Gasteiger partial charge in [-0.05, 0) is 36.8 Å². The van der Waals surface area contributed by atoms with E-state index in [4.69, 9.17) is 0 Å². The Hall–Kier alpha value is -3.53. The lowest BCUT2D eigenvalue weighted by molar-refractivity contribution is -0.131. The summed E-state index contributed by atoms with van der Waals surface area (Å²) in [5, 5.41) is 11.2. The first-order valence-electron chi connectivity index (χ1n) is 9.10. The van der Waals surface area contributed by atoms with Crippen LogP contribution in [0.3, 0.4) is 0 Å². The van der Waals surface area contributed by atoms with E-state index in [-0.39, 0.29) is 11.4 Å². The molecule has 1 fully saturated rings. The highest BCUT2D eigenvalue weighted by Crippen LogP contribution is 2.30. The van der Waals surface area contributed by atoms with Crippen molar-refractivity contribution < 1.29 is 18.0 Å². The summed E-state index contributed by atoms with van der Waals surface area (Å²) < 4.78 is 23.3. The minimum atomic E-state index is -3.36. The molecular formula is C20H19N5O4S. The first-order valence-corrected chi connectivity index (χ1v) is 11.0. The third-order valence-corrected chi connectivity index (χ3v) is 6.11. The van der Waals surface area contributed by atoms with Gasteiger partial charge in [0.05, 0.1) is 23.3 Å². The number of imide groups is 1. The normalized spacial score (nSPS) is 19.2. The van der Waals surface area contributed by atoms with Crippen LogP contribution in [0.4, 0.5) is 4.79 Å². The third kappa shape index (κ3) is 3.45. The van der Waals surface area contributed by atoms with Crippen LogP contribution in [0.2, 0.25) is 0 Å². The van der Waals surface area contributed by atoms with Gasteiger partial charge in [-0.1, -0.05) is 30.3 Å². The third-order valence-electron chi connectivity index (χ3n) is 4.98. The maximum atomic E-state index is 13.1. The molecule has 1 atom stereocenters. The van der Waals surface area contributed by atoms with E-state index in [2.05, 4.69) is 15.5 Å². The zero-order chi connectivity index (χ0) is 21.5. The maximum Gasteiger partial charge on any atom is 0.325 e. The van der Waals surface area contributed by atoms with Gasteiger partial charge < -0.3 is 5.32 Å². The number of aromatic nitrogens is 3. The number of carbonyl (C=O) groups is 2. The molecule has 1 saturated heterocycles. The largest absolute Gasteiger partial charge is 0.325 e. The number of hydrogen-bond acceptors (Lipinski definition) is 6. The summed E-state index contributed by atoms with van der Waals surface area (Å²) >= 11 is 0. The van der Waals surface area contributed by atoms with Crippen LogP contribution >= 0.6 is 0 Å². The van der Waals surface area contributed by atoms with Gasteiger partial charge in [0, 0.05) is 6.26 Å². The number of carbonyl (C=O) groups excluding carboxylic acids is 2. The number of nitrogens with zero attached hydrogens (tertiary/aromatic N) is 4. The summed E-state index contributed by atoms with van der Waals surface area (Å²) in [4.78, 5) is 28.2. The summed E-state index contributed by atoms with van der Waals surface area (Å²) in [6.07, 6.45) is 2.61. The van der Waals surface area contributed by atoms with Crippen LogP contribution in [0, 0.1) is 0 Å². The molecule has 154 valence electrons.